The van der Waals surface area contributed by atoms with Gasteiger partial charge in [0, 0.05) is 11.3 Å². The number of amides is 2. The third-order valence-corrected chi connectivity index (χ3v) is 3.63. The summed E-state index contributed by atoms with van der Waals surface area (Å²) in [5.74, 6) is 0.154. The molecule has 126 valence electrons. The van der Waals surface area contributed by atoms with E-state index in [0.717, 1.165) is 5.56 Å². The van der Waals surface area contributed by atoms with Crippen LogP contribution >= 0.6 is 0 Å². The third kappa shape index (κ3) is 4.35. The van der Waals surface area contributed by atoms with E-state index in [1.54, 1.807) is 25.1 Å². The molecule has 5 heteroatoms. The summed E-state index contributed by atoms with van der Waals surface area (Å²) < 4.78 is 5.81. The summed E-state index contributed by atoms with van der Waals surface area (Å²) in [7, 11) is 0. The molecule has 0 bridgehead atoms. The van der Waals surface area contributed by atoms with Crippen LogP contribution in [0.3, 0.4) is 0 Å². The van der Waals surface area contributed by atoms with Crippen LogP contribution in [0.2, 0.25) is 0 Å². The largest absolute Gasteiger partial charge is 0.481 e. The lowest BCUT2D eigenvalue weighted by Crippen LogP contribution is -2.30. The molecule has 0 aliphatic heterocycles. The molecular weight excluding hydrogens is 304 g/mol. The molecule has 0 aliphatic carbocycles. The van der Waals surface area contributed by atoms with E-state index in [2.05, 4.69) is 19.2 Å². The van der Waals surface area contributed by atoms with Gasteiger partial charge < -0.3 is 15.8 Å². The zero-order valence-electron chi connectivity index (χ0n) is 14.1. The minimum absolute atomic E-state index is 0.295. The molecule has 0 saturated heterocycles. The standard InChI is InChI=1S/C19H22N2O3/c1-12(2)16-9-4-5-10-17(16)24-13(3)19(23)21-15-8-6-7-14(11-15)18(20)22/h4-13H,1-3H3,(H2,20,22)(H,21,23). The van der Waals surface area contributed by atoms with Gasteiger partial charge in [-0.25, -0.2) is 0 Å². The summed E-state index contributed by atoms with van der Waals surface area (Å²) in [6, 6.07) is 14.2. The number of primary amides is 1. The van der Waals surface area contributed by atoms with E-state index in [1.165, 1.54) is 6.07 Å². The van der Waals surface area contributed by atoms with E-state index in [-0.39, 0.29) is 5.91 Å². The first-order valence-corrected chi connectivity index (χ1v) is 7.84. The Kier molecular flexibility index (Phi) is 5.58. The molecule has 2 aromatic carbocycles. The highest BCUT2D eigenvalue weighted by Crippen LogP contribution is 2.26. The highest BCUT2D eigenvalue weighted by Gasteiger charge is 2.17. The van der Waals surface area contributed by atoms with Gasteiger partial charge in [-0.1, -0.05) is 38.1 Å². The lowest BCUT2D eigenvalue weighted by molar-refractivity contribution is -0.122. The van der Waals surface area contributed by atoms with Gasteiger partial charge in [0.25, 0.3) is 5.91 Å². The van der Waals surface area contributed by atoms with E-state index >= 15 is 0 Å². The Labute approximate surface area is 141 Å². The van der Waals surface area contributed by atoms with Gasteiger partial charge >= 0.3 is 0 Å². The summed E-state index contributed by atoms with van der Waals surface area (Å²) >= 11 is 0. The number of hydrogen-bond acceptors (Lipinski definition) is 3. The van der Waals surface area contributed by atoms with Crippen LogP contribution in [0.25, 0.3) is 0 Å². The fraction of sp³-hybridized carbons (Fsp3) is 0.263. The Morgan fingerprint density at radius 3 is 2.42 bits per heavy atom. The maximum absolute atomic E-state index is 12.3. The Morgan fingerprint density at radius 1 is 1.04 bits per heavy atom. The molecule has 1 unspecified atom stereocenters. The van der Waals surface area contributed by atoms with Gasteiger partial charge in [0.05, 0.1) is 0 Å². The lowest BCUT2D eigenvalue weighted by atomic mass is 10.0. The van der Waals surface area contributed by atoms with Gasteiger partial charge in [-0.3, -0.25) is 9.59 Å². The maximum Gasteiger partial charge on any atom is 0.265 e. The van der Waals surface area contributed by atoms with Crippen molar-refractivity contribution in [3.05, 3.63) is 59.7 Å². The molecule has 0 radical (unpaired) electrons. The van der Waals surface area contributed by atoms with Crippen molar-refractivity contribution in [2.24, 2.45) is 5.73 Å². The number of ether oxygens (including phenoxy) is 1. The molecule has 2 amide bonds. The van der Waals surface area contributed by atoms with Gasteiger partial charge in [0.1, 0.15) is 5.75 Å². The van der Waals surface area contributed by atoms with Gasteiger partial charge in [-0.15, -0.1) is 0 Å². The van der Waals surface area contributed by atoms with Crippen LogP contribution in [0, 0.1) is 0 Å². The average molecular weight is 326 g/mol. The first-order chi connectivity index (χ1) is 11.4. The zero-order valence-corrected chi connectivity index (χ0v) is 14.1. The van der Waals surface area contributed by atoms with Crippen LogP contribution in [0.4, 0.5) is 5.69 Å². The number of rotatable bonds is 6. The van der Waals surface area contributed by atoms with Crippen molar-refractivity contribution in [2.75, 3.05) is 5.32 Å². The van der Waals surface area contributed by atoms with Crippen LogP contribution in [-0.4, -0.2) is 17.9 Å². The molecule has 0 heterocycles. The number of carbonyl (C=O) groups excluding carboxylic acids is 2. The van der Waals surface area contributed by atoms with E-state index in [4.69, 9.17) is 10.5 Å². The smallest absolute Gasteiger partial charge is 0.265 e. The highest BCUT2D eigenvalue weighted by atomic mass is 16.5. The van der Waals surface area contributed by atoms with Crippen molar-refractivity contribution >= 4 is 17.5 Å². The second-order valence-corrected chi connectivity index (χ2v) is 5.89. The minimum Gasteiger partial charge on any atom is -0.481 e. The summed E-state index contributed by atoms with van der Waals surface area (Å²) in [5.41, 5.74) is 7.14. The first kappa shape index (κ1) is 17.5. The van der Waals surface area contributed by atoms with Crippen molar-refractivity contribution in [1.29, 1.82) is 0 Å². The molecule has 2 aromatic rings. The average Bonchev–Trinajstić information content (AvgIpc) is 2.55. The van der Waals surface area contributed by atoms with E-state index in [0.29, 0.717) is 22.9 Å². The molecule has 3 N–H and O–H groups in total. The molecule has 0 aliphatic rings. The number of hydrogen-bond donors (Lipinski definition) is 2. The second kappa shape index (κ2) is 7.64. The number of nitrogens with two attached hydrogens (primary N) is 1. The molecule has 24 heavy (non-hydrogen) atoms. The van der Waals surface area contributed by atoms with Crippen LogP contribution in [-0.2, 0) is 4.79 Å². The molecule has 2 rings (SSSR count). The topological polar surface area (TPSA) is 81.4 Å². The molecule has 0 saturated carbocycles. The zero-order chi connectivity index (χ0) is 17.7. The fourth-order valence-corrected chi connectivity index (χ4v) is 2.30. The van der Waals surface area contributed by atoms with Crippen LogP contribution in [0.1, 0.15) is 42.6 Å². The number of anilines is 1. The van der Waals surface area contributed by atoms with Crippen molar-refractivity contribution in [1.82, 2.24) is 0 Å². The monoisotopic (exact) mass is 326 g/mol. The van der Waals surface area contributed by atoms with Crippen LogP contribution < -0.4 is 15.8 Å². The first-order valence-electron chi connectivity index (χ1n) is 7.84. The predicted octanol–water partition coefficient (Wildman–Crippen LogP) is 3.31. The molecule has 1 atom stereocenters. The predicted molar refractivity (Wildman–Crippen MR) is 94.2 cm³/mol. The van der Waals surface area contributed by atoms with Crippen molar-refractivity contribution in [3.63, 3.8) is 0 Å². The number of para-hydroxylation sites is 1. The number of nitrogens with one attached hydrogen (secondary N) is 1. The lowest BCUT2D eigenvalue weighted by Gasteiger charge is -2.18. The van der Waals surface area contributed by atoms with Gasteiger partial charge in [-0.2, -0.15) is 0 Å². The van der Waals surface area contributed by atoms with Gasteiger partial charge in [0.15, 0.2) is 6.10 Å². The van der Waals surface area contributed by atoms with Gasteiger partial charge in [-0.05, 0) is 42.7 Å². The minimum atomic E-state index is -0.679. The Hall–Kier alpha value is -2.82. The van der Waals surface area contributed by atoms with Crippen LogP contribution in [0.5, 0.6) is 5.75 Å². The third-order valence-electron chi connectivity index (χ3n) is 3.63. The summed E-state index contributed by atoms with van der Waals surface area (Å²) in [5, 5.41) is 2.73. The molecule has 0 aromatic heterocycles. The second-order valence-electron chi connectivity index (χ2n) is 5.89. The quantitative estimate of drug-likeness (QED) is 0.854. The van der Waals surface area contributed by atoms with Gasteiger partial charge in [0.2, 0.25) is 5.91 Å². The number of carbonyl (C=O) groups is 2. The summed E-state index contributed by atoms with van der Waals surface area (Å²) in [6.45, 7) is 5.83. The SMILES string of the molecule is CC(Oc1ccccc1C(C)C)C(=O)Nc1cccc(C(N)=O)c1. The Bertz CT molecular complexity index is 741. The number of benzene rings is 2. The Balaban J connectivity index is 2.08. The maximum atomic E-state index is 12.3. The molecule has 5 nitrogen and oxygen atoms in total. The molecular formula is C19H22N2O3. The van der Waals surface area contributed by atoms with Crippen molar-refractivity contribution < 1.29 is 14.3 Å². The van der Waals surface area contributed by atoms with E-state index in [1.807, 2.05) is 24.3 Å². The van der Waals surface area contributed by atoms with Crippen LogP contribution in [0.15, 0.2) is 48.5 Å². The highest BCUT2D eigenvalue weighted by molar-refractivity contribution is 5.97. The normalized spacial score (nSPS) is 11.8. The van der Waals surface area contributed by atoms with E-state index < -0.39 is 12.0 Å². The Morgan fingerprint density at radius 2 is 1.75 bits per heavy atom. The molecule has 0 fully saturated rings. The fourth-order valence-electron chi connectivity index (χ4n) is 2.30. The van der Waals surface area contributed by atoms with Crippen molar-refractivity contribution in [2.45, 2.75) is 32.8 Å². The summed E-state index contributed by atoms with van der Waals surface area (Å²) in [4.78, 5) is 23.5. The van der Waals surface area contributed by atoms with Crippen molar-refractivity contribution in [3.8, 4) is 5.75 Å². The summed E-state index contributed by atoms with van der Waals surface area (Å²) in [6.07, 6.45) is -0.679. The molecule has 0 spiro atoms. The van der Waals surface area contributed by atoms with E-state index in [9.17, 15) is 9.59 Å².